The Morgan fingerprint density at radius 3 is 2.36 bits per heavy atom. The van der Waals surface area contributed by atoms with Gasteiger partial charge in [0.05, 0.1) is 36.3 Å². The number of hydrogen-bond donors (Lipinski definition) is 1. The van der Waals surface area contributed by atoms with E-state index in [-0.39, 0.29) is 11.1 Å². The van der Waals surface area contributed by atoms with Crippen molar-refractivity contribution in [1.82, 2.24) is 19.2 Å². The van der Waals surface area contributed by atoms with Gasteiger partial charge in [-0.1, -0.05) is 41.9 Å². The summed E-state index contributed by atoms with van der Waals surface area (Å²) >= 11 is 6.09. The summed E-state index contributed by atoms with van der Waals surface area (Å²) < 4.78 is 8.48. The Bertz CT molecular complexity index is 1410. The molecule has 1 aliphatic rings. The van der Waals surface area contributed by atoms with Crippen LogP contribution in [0.1, 0.15) is 16.8 Å². The van der Waals surface area contributed by atoms with E-state index < -0.39 is 0 Å². The lowest BCUT2D eigenvalue weighted by molar-refractivity contribution is 0.0342. The molecule has 7 nitrogen and oxygen atoms in total. The van der Waals surface area contributed by atoms with Crippen molar-refractivity contribution < 1.29 is 4.74 Å². The fraction of sp³-hybridized carbons (Fsp3) is 0.280. The van der Waals surface area contributed by atoms with Gasteiger partial charge in [0.2, 0.25) is 0 Å². The van der Waals surface area contributed by atoms with Crippen molar-refractivity contribution in [3.05, 3.63) is 97.1 Å². The van der Waals surface area contributed by atoms with E-state index >= 15 is 0 Å². The van der Waals surface area contributed by atoms with Gasteiger partial charge in [-0.2, -0.15) is 0 Å². The summed E-state index contributed by atoms with van der Waals surface area (Å²) in [6.45, 7) is 6.55. The molecule has 5 rings (SSSR count). The molecular weight excluding hydrogens is 440 g/mol. The van der Waals surface area contributed by atoms with Gasteiger partial charge in [-0.15, -0.1) is 0 Å². The Balaban J connectivity index is 1.44. The van der Waals surface area contributed by atoms with Crippen LogP contribution in [-0.2, 0) is 17.8 Å². The highest BCUT2D eigenvalue weighted by molar-refractivity contribution is 6.30. The smallest absolute Gasteiger partial charge is 0.280 e. The number of aromatic amines is 1. The molecule has 0 saturated carbocycles. The van der Waals surface area contributed by atoms with Crippen molar-refractivity contribution in [2.45, 2.75) is 20.0 Å². The molecule has 1 saturated heterocycles. The van der Waals surface area contributed by atoms with E-state index in [0.29, 0.717) is 33.9 Å². The summed E-state index contributed by atoms with van der Waals surface area (Å²) in [5.41, 5.74) is 3.65. The zero-order valence-electron chi connectivity index (χ0n) is 18.4. The van der Waals surface area contributed by atoms with Crippen LogP contribution >= 0.6 is 11.6 Å². The maximum atomic E-state index is 13.2. The van der Waals surface area contributed by atoms with E-state index in [4.69, 9.17) is 16.3 Å². The van der Waals surface area contributed by atoms with Crippen molar-refractivity contribution in [3.63, 3.8) is 0 Å². The van der Waals surface area contributed by atoms with E-state index in [1.54, 1.807) is 28.8 Å². The van der Waals surface area contributed by atoms with Gasteiger partial charge in [0.25, 0.3) is 11.1 Å². The molecule has 8 heteroatoms. The van der Waals surface area contributed by atoms with Gasteiger partial charge in [-0.3, -0.25) is 19.6 Å². The predicted molar refractivity (Wildman–Crippen MR) is 130 cm³/mol. The lowest BCUT2D eigenvalue weighted by Gasteiger charge is -2.26. The fourth-order valence-corrected chi connectivity index (χ4v) is 4.54. The van der Waals surface area contributed by atoms with Gasteiger partial charge in [0.1, 0.15) is 0 Å². The van der Waals surface area contributed by atoms with Crippen LogP contribution in [-0.4, -0.2) is 45.6 Å². The largest absolute Gasteiger partial charge is 0.379 e. The van der Waals surface area contributed by atoms with Crippen molar-refractivity contribution in [2.75, 3.05) is 26.3 Å². The summed E-state index contributed by atoms with van der Waals surface area (Å²) in [6, 6.07) is 16.8. The van der Waals surface area contributed by atoms with Gasteiger partial charge >= 0.3 is 0 Å². The molecule has 170 valence electrons. The molecule has 0 atom stereocenters. The van der Waals surface area contributed by atoms with Crippen LogP contribution in [0, 0.1) is 6.92 Å². The Morgan fingerprint density at radius 1 is 0.970 bits per heavy atom. The minimum atomic E-state index is -0.209. The second-order valence-electron chi connectivity index (χ2n) is 8.38. The maximum absolute atomic E-state index is 13.2. The number of aryl methyl sites for hydroxylation is 1. The zero-order valence-corrected chi connectivity index (χ0v) is 19.1. The second kappa shape index (κ2) is 9.02. The number of fused-ring (bicyclic) bond motifs is 1. The first-order chi connectivity index (χ1) is 16.0. The van der Waals surface area contributed by atoms with Gasteiger partial charge in [-0.25, -0.2) is 4.68 Å². The molecule has 4 aromatic rings. The number of nitrogens with one attached hydrogen (secondary N) is 1. The molecule has 2 aromatic carbocycles. The Hall–Kier alpha value is -3.13. The Kier molecular flexibility index (Phi) is 5.93. The van der Waals surface area contributed by atoms with E-state index in [2.05, 4.69) is 22.1 Å². The minimum Gasteiger partial charge on any atom is -0.379 e. The van der Waals surface area contributed by atoms with Crippen molar-refractivity contribution >= 4 is 22.5 Å². The average molecular weight is 465 g/mol. The van der Waals surface area contributed by atoms with Gasteiger partial charge in [-0.05, 0) is 36.2 Å². The van der Waals surface area contributed by atoms with E-state index in [1.807, 2.05) is 19.1 Å². The molecule has 0 unspecified atom stereocenters. The normalized spacial score (nSPS) is 14.7. The summed E-state index contributed by atoms with van der Waals surface area (Å²) in [7, 11) is 0. The number of morpholine rings is 1. The third-order valence-corrected chi connectivity index (χ3v) is 6.39. The maximum Gasteiger partial charge on any atom is 0.280 e. The van der Waals surface area contributed by atoms with E-state index in [0.717, 1.165) is 38.4 Å². The van der Waals surface area contributed by atoms with Crippen molar-refractivity contribution in [3.8, 4) is 5.69 Å². The quantitative estimate of drug-likeness (QED) is 0.492. The topological polar surface area (TPSA) is 72.3 Å². The number of nitrogens with zero attached hydrogens (tertiary/aromatic N) is 3. The van der Waals surface area contributed by atoms with Crippen LogP contribution in [0.25, 0.3) is 16.6 Å². The average Bonchev–Trinajstić information content (AvgIpc) is 3.14. The van der Waals surface area contributed by atoms with Crippen molar-refractivity contribution in [1.29, 1.82) is 0 Å². The monoisotopic (exact) mass is 464 g/mol. The molecule has 0 aliphatic carbocycles. The third-order valence-electron chi connectivity index (χ3n) is 6.16. The number of aromatic nitrogens is 3. The number of benzene rings is 2. The number of ether oxygens (including phenoxy) is 1. The highest BCUT2D eigenvalue weighted by atomic mass is 35.5. The summed E-state index contributed by atoms with van der Waals surface area (Å²) in [4.78, 5) is 28.4. The van der Waals surface area contributed by atoms with E-state index in [9.17, 15) is 9.59 Å². The first kappa shape index (κ1) is 21.7. The number of rotatable bonds is 5. The molecule has 2 aromatic heterocycles. The highest BCUT2D eigenvalue weighted by Gasteiger charge is 2.16. The minimum absolute atomic E-state index is 0.156. The van der Waals surface area contributed by atoms with Gasteiger partial charge in [0, 0.05) is 36.4 Å². The summed E-state index contributed by atoms with van der Waals surface area (Å²) in [6.07, 6.45) is 0. The summed E-state index contributed by atoms with van der Waals surface area (Å²) in [5.74, 6) is 0. The molecule has 3 heterocycles. The van der Waals surface area contributed by atoms with Gasteiger partial charge in [0.15, 0.2) is 0 Å². The molecule has 0 spiro atoms. The Labute approximate surface area is 195 Å². The molecule has 1 aliphatic heterocycles. The zero-order chi connectivity index (χ0) is 22.9. The standard InChI is InChI=1S/C25H25ClN4O3/c1-17-24-22(27-30(25(24)32)21-4-2-3-20(26)13-21)14-23(31)29(17)16-19-7-5-18(6-8-19)15-28-9-11-33-12-10-28/h2-8,13-14,27H,9-12,15-16H2,1H3. The van der Waals surface area contributed by atoms with E-state index in [1.165, 1.54) is 16.3 Å². The van der Waals surface area contributed by atoms with Crippen LogP contribution in [0.15, 0.2) is 64.2 Å². The van der Waals surface area contributed by atoms with Crippen molar-refractivity contribution in [2.24, 2.45) is 0 Å². The first-order valence-electron chi connectivity index (χ1n) is 11.0. The molecule has 1 fully saturated rings. The third kappa shape index (κ3) is 4.39. The molecular formula is C25H25ClN4O3. The lowest BCUT2D eigenvalue weighted by Crippen LogP contribution is -2.35. The predicted octanol–water partition coefficient (Wildman–Crippen LogP) is 3.32. The molecule has 0 bridgehead atoms. The fourth-order valence-electron chi connectivity index (χ4n) is 4.35. The SMILES string of the molecule is Cc1c2c(=O)n(-c3cccc(Cl)c3)[nH]c2cc(=O)n1Cc1ccc(CN2CCOCC2)cc1. The molecule has 1 N–H and O–H groups in total. The number of halogens is 1. The summed E-state index contributed by atoms with van der Waals surface area (Å²) in [5, 5.41) is 4.08. The van der Waals surface area contributed by atoms with Crippen LogP contribution in [0.3, 0.4) is 0 Å². The van der Waals surface area contributed by atoms with Gasteiger partial charge < -0.3 is 9.30 Å². The van der Waals surface area contributed by atoms with Crippen LogP contribution in [0.5, 0.6) is 0 Å². The van der Waals surface area contributed by atoms with Crippen LogP contribution < -0.4 is 11.1 Å². The van der Waals surface area contributed by atoms with Crippen LogP contribution in [0.4, 0.5) is 0 Å². The highest BCUT2D eigenvalue weighted by Crippen LogP contribution is 2.17. The van der Waals surface area contributed by atoms with Crippen LogP contribution in [0.2, 0.25) is 5.02 Å². The molecule has 0 amide bonds. The lowest BCUT2D eigenvalue weighted by atomic mass is 10.1. The molecule has 0 radical (unpaired) electrons. The second-order valence-corrected chi connectivity index (χ2v) is 8.82. The first-order valence-corrected chi connectivity index (χ1v) is 11.4. The number of pyridine rings is 1. The molecule has 33 heavy (non-hydrogen) atoms. The number of H-pyrrole nitrogens is 1. The number of hydrogen-bond acceptors (Lipinski definition) is 4. The Morgan fingerprint density at radius 2 is 1.67 bits per heavy atom.